The Morgan fingerprint density at radius 2 is 1.85 bits per heavy atom. The van der Waals surface area contributed by atoms with Crippen LogP contribution in [0.15, 0.2) is 48.5 Å². The lowest BCUT2D eigenvalue weighted by atomic mass is 10.2. The quantitative estimate of drug-likeness (QED) is 0.779. The smallest absolute Gasteiger partial charge is 0.322 e. The summed E-state index contributed by atoms with van der Waals surface area (Å²) in [5.74, 6) is 0.230. The highest BCUT2D eigenvalue weighted by Gasteiger charge is 2.18. The van der Waals surface area contributed by atoms with Gasteiger partial charge in [-0.15, -0.1) is 0 Å². The zero-order chi connectivity index (χ0) is 19.3. The number of hydrogen-bond acceptors (Lipinski definition) is 4. The highest BCUT2D eigenvalue weighted by Crippen LogP contribution is 2.19. The molecule has 2 aromatic rings. The molecule has 1 N–H and O–H groups in total. The van der Waals surface area contributed by atoms with Crippen molar-refractivity contribution in [2.45, 2.75) is 33.4 Å². The SMILES string of the molecule is Cc1ccccc1NC(=O)N(Cc1cccc(OS(C)(=O)=O)c1)C(C)C. The predicted octanol–water partition coefficient (Wildman–Crippen LogP) is 3.78. The maximum Gasteiger partial charge on any atom is 0.322 e. The summed E-state index contributed by atoms with van der Waals surface area (Å²) in [5, 5.41) is 2.92. The molecule has 0 bridgehead atoms. The Kier molecular flexibility index (Phi) is 6.26. The molecular weight excluding hydrogens is 352 g/mol. The van der Waals surface area contributed by atoms with E-state index in [0.717, 1.165) is 23.1 Å². The van der Waals surface area contributed by atoms with Gasteiger partial charge in [-0.25, -0.2) is 4.79 Å². The molecule has 7 heteroatoms. The lowest BCUT2D eigenvalue weighted by Crippen LogP contribution is -2.39. The zero-order valence-electron chi connectivity index (χ0n) is 15.4. The molecule has 2 aromatic carbocycles. The molecular formula is C19H24N2O4S. The van der Waals surface area contributed by atoms with Crippen molar-refractivity contribution in [2.24, 2.45) is 0 Å². The molecule has 0 aliphatic heterocycles. The van der Waals surface area contributed by atoms with Gasteiger partial charge in [0.25, 0.3) is 0 Å². The number of urea groups is 1. The van der Waals surface area contributed by atoms with Crippen molar-refractivity contribution < 1.29 is 17.4 Å². The van der Waals surface area contributed by atoms with E-state index in [1.54, 1.807) is 23.1 Å². The Morgan fingerprint density at radius 3 is 2.46 bits per heavy atom. The normalized spacial score (nSPS) is 11.3. The van der Waals surface area contributed by atoms with Crippen LogP contribution < -0.4 is 9.50 Å². The standard InChI is InChI=1S/C19H24N2O4S/c1-14(2)21(19(22)20-18-11-6-5-8-15(18)3)13-16-9-7-10-17(12-16)25-26(4,23)24/h5-12,14H,13H2,1-4H3,(H,20,22). The zero-order valence-corrected chi connectivity index (χ0v) is 16.2. The van der Waals surface area contributed by atoms with E-state index in [0.29, 0.717) is 6.54 Å². The molecule has 0 aromatic heterocycles. The van der Waals surface area contributed by atoms with Crippen LogP contribution in [0.2, 0.25) is 0 Å². The average molecular weight is 376 g/mol. The number of benzene rings is 2. The number of hydrogen-bond donors (Lipinski definition) is 1. The number of carbonyl (C=O) groups excluding carboxylic acids is 1. The second-order valence-corrected chi connectivity index (χ2v) is 7.98. The molecule has 0 saturated heterocycles. The van der Waals surface area contributed by atoms with Gasteiger partial charge in [0.1, 0.15) is 5.75 Å². The molecule has 140 valence electrons. The molecule has 0 saturated carbocycles. The molecule has 0 radical (unpaired) electrons. The van der Waals surface area contributed by atoms with Crippen molar-refractivity contribution in [2.75, 3.05) is 11.6 Å². The van der Waals surface area contributed by atoms with Crippen molar-refractivity contribution in [3.05, 3.63) is 59.7 Å². The minimum Gasteiger partial charge on any atom is -0.383 e. The lowest BCUT2D eigenvalue weighted by Gasteiger charge is -2.27. The van der Waals surface area contributed by atoms with Crippen LogP contribution in [0.1, 0.15) is 25.0 Å². The van der Waals surface area contributed by atoms with Crippen LogP contribution in [0.25, 0.3) is 0 Å². The fourth-order valence-corrected chi connectivity index (χ4v) is 2.91. The monoisotopic (exact) mass is 376 g/mol. The number of para-hydroxylation sites is 1. The minimum atomic E-state index is -3.59. The van der Waals surface area contributed by atoms with Gasteiger partial charge < -0.3 is 14.4 Å². The third-order valence-corrected chi connectivity index (χ3v) is 4.27. The minimum absolute atomic E-state index is 0.0431. The largest absolute Gasteiger partial charge is 0.383 e. The molecule has 2 amide bonds. The molecule has 0 aliphatic rings. The second-order valence-electron chi connectivity index (χ2n) is 6.40. The van der Waals surface area contributed by atoms with E-state index < -0.39 is 10.1 Å². The van der Waals surface area contributed by atoms with Gasteiger partial charge in [0.15, 0.2) is 0 Å². The summed E-state index contributed by atoms with van der Waals surface area (Å²) in [4.78, 5) is 14.4. The van der Waals surface area contributed by atoms with E-state index in [-0.39, 0.29) is 17.8 Å². The van der Waals surface area contributed by atoms with E-state index in [9.17, 15) is 13.2 Å². The van der Waals surface area contributed by atoms with Gasteiger partial charge in [-0.3, -0.25) is 0 Å². The summed E-state index contributed by atoms with van der Waals surface area (Å²) in [6.07, 6.45) is 0.996. The first kappa shape index (κ1) is 19.8. The number of amides is 2. The number of rotatable bonds is 6. The molecule has 6 nitrogen and oxygen atoms in total. The van der Waals surface area contributed by atoms with Crippen LogP contribution in [0.5, 0.6) is 5.75 Å². The Labute approximate surface area is 154 Å². The van der Waals surface area contributed by atoms with Crippen molar-refractivity contribution in [1.82, 2.24) is 4.90 Å². The van der Waals surface area contributed by atoms with Crippen molar-refractivity contribution in [3.8, 4) is 5.75 Å². The molecule has 0 spiro atoms. The second kappa shape index (κ2) is 8.23. The number of carbonyl (C=O) groups is 1. The maximum absolute atomic E-state index is 12.7. The van der Waals surface area contributed by atoms with Crippen molar-refractivity contribution in [3.63, 3.8) is 0 Å². The summed E-state index contributed by atoms with van der Waals surface area (Å²) >= 11 is 0. The number of aryl methyl sites for hydroxylation is 1. The van der Waals surface area contributed by atoms with Gasteiger partial charge in [-0.05, 0) is 50.1 Å². The van der Waals surface area contributed by atoms with Crippen LogP contribution in [-0.4, -0.2) is 31.6 Å². The number of anilines is 1. The summed E-state index contributed by atoms with van der Waals surface area (Å²) in [6, 6.07) is 14.0. The highest BCUT2D eigenvalue weighted by molar-refractivity contribution is 7.86. The molecule has 0 fully saturated rings. The first-order valence-electron chi connectivity index (χ1n) is 8.27. The molecule has 0 heterocycles. The number of nitrogens with one attached hydrogen (secondary N) is 1. The fraction of sp³-hybridized carbons (Fsp3) is 0.316. The molecule has 0 aliphatic carbocycles. The number of nitrogens with zero attached hydrogens (tertiary/aromatic N) is 1. The summed E-state index contributed by atoms with van der Waals surface area (Å²) in [7, 11) is -3.59. The first-order valence-corrected chi connectivity index (χ1v) is 10.1. The van der Waals surface area contributed by atoms with E-state index in [1.807, 2.05) is 51.1 Å². The van der Waals surface area contributed by atoms with Gasteiger partial charge in [-0.1, -0.05) is 30.3 Å². The maximum atomic E-state index is 12.7. The third-order valence-electron chi connectivity index (χ3n) is 3.77. The van der Waals surface area contributed by atoms with Gasteiger partial charge >= 0.3 is 16.1 Å². The topological polar surface area (TPSA) is 75.7 Å². The Morgan fingerprint density at radius 1 is 1.15 bits per heavy atom. The lowest BCUT2D eigenvalue weighted by molar-refractivity contribution is 0.193. The molecule has 0 atom stereocenters. The Balaban J connectivity index is 2.17. The van der Waals surface area contributed by atoms with Gasteiger partial charge in [0.05, 0.1) is 6.26 Å². The third kappa shape index (κ3) is 5.77. The van der Waals surface area contributed by atoms with E-state index in [1.165, 1.54) is 0 Å². The average Bonchev–Trinajstić information content (AvgIpc) is 2.53. The molecule has 2 rings (SSSR count). The van der Waals surface area contributed by atoms with Crippen LogP contribution >= 0.6 is 0 Å². The van der Waals surface area contributed by atoms with Crippen LogP contribution in [-0.2, 0) is 16.7 Å². The Hall–Kier alpha value is -2.54. The van der Waals surface area contributed by atoms with Gasteiger partial charge in [-0.2, -0.15) is 8.42 Å². The van der Waals surface area contributed by atoms with Crippen LogP contribution in [0.4, 0.5) is 10.5 Å². The van der Waals surface area contributed by atoms with E-state index in [4.69, 9.17) is 4.18 Å². The Bertz CT molecular complexity index is 879. The fourth-order valence-electron chi connectivity index (χ4n) is 2.46. The van der Waals surface area contributed by atoms with Crippen molar-refractivity contribution >= 4 is 21.8 Å². The first-order chi connectivity index (χ1) is 12.2. The summed E-state index contributed by atoms with van der Waals surface area (Å²) in [5.41, 5.74) is 2.52. The molecule has 0 unspecified atom stereocenters. The predicted molar refractivity (Wildman–Crippen MR) is 103 cm³/mol. The summed E-state index contributed by atoms with van der Waals surface area (Å²) in [6.45, 7) is 6.11. The van der Waals surface area contributed by atoms with E-state index >= 15 is 0 Å². The van der Waals surface area contributed by atoms with Crippen LogP contribution in [0.3, 0.4) is 0 Å². The van der Waals surface area contributed by atoms with Gasteiger partial charge in [0.2, 0.25) is 0 Å². The highest BCUT2D eigenvalue weighted by atomic mass is 32.2. The van der Waals surface area contributed by atoms with Crippen molar-refractivity contribution in [1.29, 1.82) is 0 Å². The molecule has 26 heavy (non-hydrogen) atoms. The van der Waals surface area contributed by atoms with Crippen LogP contribution in [0, 0.1) is 6.92 Å². The summed E-state index contributed by atoms with van der Waals surface area (Å²) < 4.78 is 27.5. The van der Waals surface area contributed by atoms with E-state index in [2.05, 4.69) is 5.32 Å². The van der Waals surface area contributed by atoms with Gasteiger partial charge in [0, 0.05) is 18.3 Å².